The SMILES string of the molecule is CCCn1nc(C2CC2)nc1-c1cc2ccccc2[nH]c1=O. The second-order valence-corrected chi connectivity index (χ2v) is 5.89. The zero-order valence-corrected chi connectivity index (χ0v) is 12.5. The first-order chi connectivity index (χ1) is 10.8. The van der Waals surface area contributed by atoms with Crippen molar-refractivity contribution in [3.8, 4) is 11.4 Å². The average Bonchev–Trinajstić information content (AvgIpc) is 3.29. The molecule has 1 saturated carbocycles. The van der Waals surface area contributed by atoms with Gasteiger partial charge >= 0.3 is 0 Å². The second-order valence-electron chi connectivity index (χ2n) is 5.89. The number of nitrogens with zero attached hydrogens (tertiary/aromatic N) is 3. The lowest BCUT2D eigenvalue weighted by Crippen LogP contribution is -2.12. The van der Waals surface area contributed by atoms with Crippen LogP contribution in [0.5, 0.6) is 0 Å². The summed E-state index contributed by atoms with van der Waals surface area (Å²) in [6, 6.07) is 9.71. The summed E-state index contributed by atoms with van der Waals surface area (Å²) in [7, 11) is 0. The van der Waals surface area contributed by atoms with Crippen molar-refractivity contribution < 1.29 is 0 Å². The van der Waals surface area contributed by atoms with E-state index in [0.717, 1.165) is 42.5 Å². The van der Waals surface area contributed by atoms with Gasteiger partial charge in [-0.15, -0.1) is 0 Å². The van der Waals surface area contributed by atoms with E-state index in [-0.39, 0.29) is 5.56 Å². The van der Waals surface area contributed by atoms with Gasteiger partial charge in [0, 0.05) is 18.0 Å². The van der Waals surface area contributed by atoms with Crippen LogP contribution in [-0.4, -0.2) is 19.7 Å². The molecular formula is C17H18N4O. The third-order valence-electron chi connectivity index (χ3n) is 4.06. The van der Waals surface area contributed by atoms with Crippen LogP contribution in [0.1, 0.15) is 37.9 Å². The molecule has 22 heavy (non-hydrogen) atoms. The fourth-order valence-corrected chi connectivity index (χ4v) is 2.75. The lowest BCUT2D eigenvalue weighted by Gasteiger charge is -2.05. The number of benzene rings is 1. The van der Waals surface area contributed by atoms with Gasteiger partial charge in [0.15, 0.2) is 11.6 Å². The zero-order valence-electron chi connectivity index (χ0n) is 12.5. The minimum absolute atomic E-state index is 0.106. The molecule has 4 rings (SSSR count). The molecule has 2 heterocycles. The van der Waals surface area contributed by atoms with E-state index in [4.69, 9.17) is 0 Å². The van der Waals surface area contributed by atoms with Gasteiger partial charge in [0.1, 0.15) is 0 Å². The Morgan fingerprint density at radius 3 is 2.91 bits per heavy atom. The van der Waals surface area contributed by atoms with Gasteiger partial charge in [-0.25, -0.2) is 9.67 Å². The Balaban J connectivity index is 1.90. The van der Waals surface area contributed by atoms with Gasteiger partial charge in [-0.2, -0.15) is 5.10 Å². The Morgan fingerprint density at radius 2 is 2.14 bits per heavy atom. The number of pyridine rings is 1. The van der Waals surface area contributed by atoms with Crippen molar-refractivity contribution in [3.05, 3.63) is 46.5 Å². The number of nitrogens with one attached hydrogen (secondary N) is 1. The van der Waals surface area contributed by atoms with Crippen molar-refractivity contribution >= 4 is 10.9 Å². The van der Waals surface area contributed by atoms with Gasteiger partial charge < -0.3 is 4.98 Å². The molecular weight excluding hydrogens is 276 g/mol. The molecule has 0 amide bonds. The third kappa shape index (κ3) is 2.22. The largest absolute Gasteiger partial charge is 0.321 e. The molecule has 2 aromatic heterocycles. The van der Waals surface area contributed by atoms with Crippen molar-refractivity contribution in [2.75, 3.05) is 0 Å². The zero-order chi connectivity index (χ0) is 15.1. The number of para-hydroxylation sites is 1. The molecule has 0 aliphatic heterocycles. The number of aromatic nitrogens is 4. The number of aryl methyl sites for hydroxylation is 1. The third-order valence-corrected chi connectivity index (χ3v) is 4.06. The first-order valence-corrected chi connectivity index (χ1v) is 7.83. The van der Waals surface area contributed by atoms with E-state index in [0.29, 0.717) is 17.3 Å². The van der Waals surface area contributed by atoms with E-state index in [1.165, 1.54) is 0 Å². The highest BCUT2D eigenvalue weighted by molar-refractivity contribution is 5.82. The van der Waals surface area contributed by atoms with E-state index >= 15 is 0 Å². The molecule has 0 bridgehead atoms. The number of hydrogen-bond acceptors (Lipinski definition) is 3. The summed E-state index contributed by atoms with van der Waals surface area (Å²) >= 11 is 0. The summed E-state index contributed by atoms with van der Waals surface area (Å²) in [5, 5.41) is 5.62. The minimum atomic E-state index is -0.106. The molecule has 0 saturated heterocycles. The first-order valence-electron chi connectivity index (χ1n) is 7.83. The van der Waals surface area contributed by atoms with Crippen molar-refractivity contribution in [1.29, 1.82) is 0 Å². The van der Waals surface area contributed by atoms with Gasteiger partial charge in [-0.1, -0.05) is 25.1 Å². The van der Waals surface area contributed by atoms with Crippen LogP contribution in [0, 0.1) is 0 Å². The molecule has 5 heteroatoms. The summed E-state index contributed by atoms with van der Waals surface area (Å²) < 4.78 is 1.88. The van der Waals surface area contributed by atoms with Crippen LogP contribution in [-0.2, 0) is 6.54 Å². The van der Waals surface area contributed by atoms with Crippen LogP contribution in [0.2, 0.25) is 0 Å². The Hall–Kier alpha value is -2.43. The molecule has 5 nitrogen and oxygen atoms in total. The molecule has 0 radical (unpaired) electrons. The summed E-state index contributed by atoms with van der Waals surface area (Å²) in [4.78, 5) is 20.1. The van der Waals surface area contributed by atoms with Crippen molar-refractivity contribution in [2.24, 2.45) is 0 Å². The van der Waals surface area contributed by atoms with Gasteiger partial charge in [-0.3, -0.25) is 4.79 Å². The molecule has 1 N–H and O–H groups in total. The number of H-pyrrole nitrogens is 1. The van der Waals surface area contributed by atoms with Crippen LogP contribution >= 0.6 is 0 Å². The Labute approximate surface area is 128 Å². The lowest BCUT2D eigenvalue weighted by atomic mass is 10.1. The molecule has 0 atom stereocenters. The van der Waals surface area contributed by atoms with E-state index in [2.05, 4.69) is 22.0 Å². The van der Waals surface area contributed by atoms with Crippen molar-refractivity contribution in [1.82, 2.24) is 19.7 Å². The smallest absolute Gasteiger partial charge is 0.259 e. The Morgan fingerprint density at radius 1 is 1.32 bits per heavy atom. The Kier molecular flexibility index (Phi) is 3.06. The lowest BCUT2D eigenvalue weighted by molar-refractivity contribution is 0.600. The van der Waals surface area contributed by atoms with E-state index in [1.54, 1.807) is 0 Å². The van der Waals surface area contributed by atoms with Gasteiger partial charge in [-0.05, 0) is 36.8 Å². The highest BCUT2D eigenvalue weighted by Crippen LogP contribution is 2.38. The highest BCUT2D eigenvalue weighted by Gasteiger charge is 2.29. The van der Waals surface area contributed by atoms with Gasteiger partial charge in [0.25, 0.3) is 5.56 Å². The van der Waals surface area contributed by atoms with E-state index in [9.17, 15) is 4.79 Å². The van der Waals surface area contributed by atoms with Crippen LogP contribution in [0.15, 0.2) is 35.1 Å². The quantitative estimate of drug-likeness (QED) is 0.804. The number of fused-ring (bicyclic) bond motifs is 1. The van der Waals surface area contributed by atoms with Gasteiger partial charge in [0.2, 0.25) is 0 Å². The molecule has 1 fully saturated rings. The summed E-state index contributed by atoms with van der Waals surface area (Å²) in [5.41, 5.74) is 1.34. The van der Waals surface area contributed by atoms with Crippen LogP contribution in [0.4, 0.5) is 0 Å². The fourth-order valence-electron chi connectivity index (χ4n) is 2.75. The molecule has 1 aliphatic carbocycles. The molecule has 112 valence electrons. The second kappa shape index (κ2) is 5.09. The van der Waals surface area contributed by atoms with E-state index < -0.39 is 0 Å². The summed E-state index contributed by atoms with van der Waals surface area (Å²) in [5.74, 6) is 2.06. The molecule has 3 aromatic rings. The summed E-state index contributed by atoms with van der Waals surface area (Å²) in [6.07, 6.45) is 3.28. The van der Waals surface area contributed by atoms with Crippen LogP contribution in [0.25, 0.3) is 22.3 Å². The number of hydrogen-bond donors (Lipinski definition) is 1. The molecule has 1 aliphatic rings. The maximum absolute atomic E-state index is 12.4. The Bertz CT molecular complexity index is 889. The molecule has 0 unspecified atom stereocenters. The van der Waals surface area contributed by atoms with Crippen molar-refractivity contribution in [3.63, 3.8) is 0 Å². The summed E-state index contributed by atoms with van der Waals surface area (Å²) in [6.45, 7) is 2.88. The first kappa shape index (κ1) is 13.2. The van der Waals surface area contributed by atoms with E-state index in [1.807, 2.05) is 35.0 Å². The van der Waals surface area contributed by atoms with Crippen LogP contribution < -0.4 is 5.56 Å². The van der Waals surface area contributed by atoms with Gasteiger partial charge in [0.05, 0.1) is 5.56 Å². The van der Waals surface area contributed by atoms with Crippen LogP contribution in [0.3, 0.4) is 0 Å². The minimum Gasteiger partial charge on any atom is -0.321 e. The predicted octanol–water partition coefficient (Wildman–Crippen LogP) is 3.07. The van der Waals surface area contributed by atoms with Crippen molar-refractivity contribution in [2.45, 2.75) is 38.6 Å². The average molecular weight is 294 g/mol. The highest BCUT2D eigenvalue weighted by atomic mass is 16.1. The number of rotatable bonds is 4. The normalized spacial score (nSPS) is 14.6. The predicted molar refractivity (Wildman–Crippen MR) is 85.9 cm³/mol. The monoisotopic (exact) mass is 294 g/mol. The topological polar surface area (TPSA) is 63.6 Å². The standard InChI is InChI=1S/C17H18N4O/c1-2-9-21-16(19-15(20-21)11-7-8-11)13-10-12-5-3-4-6-14(12)18-17(13)22/h3-6,10-11H,2,7-9H2,1H3,(H,18,22). The maximum atomic E-state index is 12.4. The molecule has 0 spiro atoms. The maximum Gasteiger partial charge on any atom is 0.259 e. The number of aromatic amines is 1. The molecule has 1 aromatic carbocycles. The fraction of sp³-hybridized carbons (Fsp3) is 0.353.